The minimum atomic E-state index is -0.397. The summed E-state index contributed by atoms with van der Waals surface area (Å²) in [5.41, 5.74) is 1.66. The molecule has 2 aromatic rings. The Labute approximate surface area is 149 Å². The lowest BCUT2D eigenvalue weighted by atomic mass is 10.1. The van der Waals surface area contributed by atoms with Crippen LogP contribution in [0.5, 0.6) is 0 Å². The molecule has 128 valence electrons. The van der Waals surface area contributed by atoms with E-state index in [1.165, 1.54) is 11.0 Å². The fourth-order valence-electron chi connectivity index (χ4n) is 2.78. The largest absolute Gasteiger partial charge is 0.274 e. The summed E-state index contributed by atoms with van der Waals surface area (Å²) in [6.45, 7) is 2.08. The van der Waals surface area contributed by atoms with Crippen LogP contribution in [0.25, 0.3) is 0 Å². The first-order valence-corrected chi connectivity index (χ1v) is 8.80. The molecular formula is C18H16N2O4S. The average molecular weight is 356 g/mol. The molecule has 2 amide bonds. The molecule has 3 rings (SSSR count). The summed E-state index contributed by atoms with van der Waals surface area (Å²) in [5, 5.41) is 10.8. The van der Waals surface area contributed by atoms with Gasteiger partial charge in [-0.3, -0.25) is 24.6 Å². The number of hydrogen-bond acceptors (Lipinski definition) is 5. The van der Waals surface area contributed by atoms with Crippen LogP contribution in [0.4, 0.5) is 5.69 Å². The number of amides is 2. The Morgan fingerprint density at radius 3 is 2.28 bits per heavy atom. The van der Waals surface area contributed by atoms with Crippen LogP contribution in [-0.2, 0) is 0 Å². The quantitative estimate of drug-likeness (QED) is 0.259. The number of thioether (sulfide) groups is 1. The summed E-state index contributed by atoms with van der Waals surface area (Å²) < 4.78 is 0. The minimum absolute atomic E-state index is 0.107. The van der Waals surface area contributed by atoms with E-state index in [1.807, 2.05) is 0 Å². The number of nitrogens with zero attached hydrogens (tertiary/aromatic N) is 2. The monoisotopic (exact) mass is 356 g/mol. The second-order valence-electron chi connectivity index (χ2n) is 5.71. The van der Waals surface area contributed by atoms with Crippen molar-refractivity contribution < 1.29 is 14.5 Å². The smallest absolute Gasteiger partial charge is 0.272 e. The molecule has 0 unspecified atom stereocenters. The zero-order valence-corrected chi connectivity index (χ0v) is 14.4. The van der Waals surface area contributed by atoms with E-state index in [-0.39, 0.29) is 17.5 Å². The van der Waals surface area contributed by atoms with Crippen LogP contribution in [0, 0.1) is 17.0 Å². The molecule has 2 aromatic carbocycles. The molecule has 0 fully saturated rings. The van der Waals surface area contributed by atoms with Crippen molar-refractivity contribution in [2.75, 3.05) is 12.3 Å². The van der Waals surface area contributed by atoms with Crippen LogP contribution in [0.1, 0.15) is 32.7 Å². The van der Waals surface area contributed by atoms with Gasteiger partial charge in [0.25, 0.3) is 17.5 Å². The molecule has 6 nitrogen and oxygen atoms in total. The number of nitro groups is 1. The first-order chi connectivity index (χ1) is 12.0. The van der Waals surface area contributed by atoms with Gasteiger partial charge in [-0.25, -0.2) is 0 Å². The van der Waals surface area contributed by atoms with Gasteiger partial charge in [-0.2, -0.15) is 0 Å². The highest BCUT2D eigenvalue weighted by molar-refractivity contribution is 7.99. The summed E-state index contributed by atoms with van der Waals surface area (Å²) in [6, 6.07) is 11.8. The summed E-state index contributed by atoms with van der Waals surface area (Å²) >= 11 is 1.55. The maximum Gasteiger partial charge on any atom is 0.272 e. The van der Waals surface area contributed by atoms with Crippen LogP contribution in [0.15, 0.2) is 47.4 Å². The third-order valence-corrected chi connectivity index (χ3v) is 5.12. The van der Waals surface area contributed by atoms with Gasteiger partial charge in [-0.05, 0) is 43.4 Å². The number of hydrogen-bond donors (Lipinski definition) is 0. The predicted molar refractivity (Wildman–Crippen MR) is 95.0 cm³/mol. The number of aryl methyl sites for hydroxylation is 1. The van der Waals surface area contributed by atoms with Gasteiger partial charge in [0.1, 0.15) is 0 Å². The average Bonchev–Trinajstić information content (AvgIpc) is 2.83. The van der Waals surface area contributed by atoms with Crippen molar-refractivity contribution in [2.45, 2.75) is 18.2 Å². The topological polar surface area (TPSA) is 80.5 Å². The van der Waals surface area contributed by atoms with Gasteiger partial charge in [-0.1, -0.05) is 12.1 Å². The van der Waals surface area contributed by atoms with Crippen molar-refractivity contribution in [1.29, 1.82) is 0 Å². The maximum absolute atomic E-state index is 12.3. The Morgan fingerprint density at radius 1 is 1.08 bits per heavy atom. The number of benzene rings is 2. The van der Waals surface area contributed by atoms with Crippen LogP contribution < -0.4 is 0 Å². The van der Waals surface area contributed by atoms with Crippen LogP contribution >= 0.6 is 11.8 Å². The van der Waals surface area contributed by atoms with E-state index in [4.69, 9.17) is 0 Å². The van der Waals surface area contributed by atoms with Crippen molar-refractivity contribution in [1.82, 2.24) is 4.90 Å². The molecule has 0 saturated heterocycles. The van der Waals surface area contributed by atoms with Gasteiger partial charge in [-0.15, -0.1) is 11.8 Å². The number of imide groups is 1. The molecule has 1 aliphatic heterocycles. The third-order valence-electron chi connectivity index (χ3n) is 4.04. The summed E-state index contributed by atoms with van der Waals surface area (Å²) in [7, 11) is 0. The van der Waals surface area contributed by atoms with Crippen molar-refractivity contribution >= 4 is 29.3 Å². The second kappa shape index (κ2) is 7.06. The van der Waals surface area contributed by atoms with Crippen molar-refractivity contribution in [3.05, 3.63) is 69.3 Å². The van der Waals surface area contributed by atoms with Gasteiger partial charge in [0.2, 0.25) is 0 Å². The fourth-order valence-corrected chi connectivity index (χ4v) is 3.71. The SMILES string of the molecule is Cc1cc(SCCCN2C(=O)c3ccccc3C2=O)ccc1[N+](=O)[O-]. The molecule has 7 heteroatoms. The molecule has 1 aliphatic rings. The first kappa shape index (κ1) is 17.2. The molecule has 0 atom stereocenters. The molecule has 1 heterocycles. The lowest BCUT2D eigenvalue weighted by molar-refractivity contribution is -0.385. The van der Waals surface area contributed by atoms with Gasteiger partial charge in [0.15, 0.2) is 0 Å². The number of fused-ring (bicyclic) bond motifs is 1. The summed E-state index contributed by atoms with van der Waals surface area (Å²) in [6.07, 6.45) is 0.659. The number of nitro benzene ring substituents is 1. The molecule has 0 bridgehead atoms. The lowest BCUT2D eigenvalue weighted by Crippen LogP contribution is -2.30. The zero-order chi connectivity index (χ0) is 18.0. The predicted octanol–water partition coefficient (Wildman–Crippen LogP) is 3.68. The van der Waals surface area contributed by atoms with Gasteiger partial charge >= 0.3 is 0 Å². The van der Waals surface area contributed by atoms with Gasteiger partial charge in [0, 0.05) is 23.1 Å². The molecular weight excluding hydrogens is 340 g/mol. The fraction of sp³-hybridized carbons (Fsp3) is 0.222. The van der Waals surface area contributed by atoms with Crippen molar-refractivity contribution in [2.24, 2.45) is 0 Å². The maximum atomic E-state index is 12.3. The normalized spacial score (nSPS) is 13.2. The molecule has 0 spiro atoms. The minimum Gasteiger partial charge on any atom is -0.274 e. The van der Waals surface area contributed by atoms with Gasteiger partial charge < -0.3 is 0 Å². The highest BCUT2D eigenvalue weighted by atomic mass is 32.2. The molecule has 25 heavy (non-hydrogen) atoms. The Kier molecular flexibility index (Phi) is 4.85. The van der Waals surface area contributed by atoms with Crippen molar-refractivity contribution in [3.63, 3.8) is 0 Å². The van der Waals surface area contributed by atoms with E-state index in [9.17, 15) is 19.7 Å². The Morgan fingerprint density at radius 2 is 1.72 bits per heavy atom. The van der Waals surface area contributed by atoms with Crippen LogP contribution in [0.3, 0.4) is 0 Å². The van der Waals surface area contributed by atoms with E-state index in [0.717, 1.165) is 4.90 Å². The molecule has 0 aliphatic carbocycles. The van der Waals surface area contributed by atoms with E-state index < -0.39 is 4.92 Å². The van der Waals surface area contributed by atoms with E-state index in [2.05, 4.69) is 0 Å². The third kappa shape index (κ3) is 3.41. The highest BCUT2D eigenvalue weighted by Crippen LogP contribution is 2.27. The molecule has 0 N–H and O–H groups in total. The van der Waals surface area contributed by atoms with E-state index in [0.29, 0.717) is 35.4 Å². The van der Waals surface area contributed by atoms with E-state index in [1.54, 1.807) is 55.1 Å². The first-order valence-electron chi connectivity index (χ1n) is 7.82. The Hall–Kier alpha value is -2.67. The van der Waals surface area contributed by atoms with Crippen molar-refractivity contribution in [3.8, 4) is 0 Å². The summed E-state index contributed by atoms with van der Waals surface area (Å²) in [5.74, 6) is 0.235. The molecule has 0 aromatic heterocycles. The standard InChI is InChI=1S/C18H16N2O4S/c1-12-11-13(7-8-16(12)20(23)24)25-10-4-9-19-17(21)14-5-2-3-6-15(14)18(19)22/h2-3,5-8,11H,4,9-10H2,1H3. The second-order valence-corrected chi connectivity index (χ2v) is 6.88. The number of carbonyl (C=O) groups excluding carboxylic acids is 2. The molecule has 0 radical (unpaired) electrons. The summed E-state index contributed by atoms with van der Waals surface area (Å²) in [4.78, 5) is 37.2. The zero-order valence-electron chi connectivity index (χ0n) is 13.6. The Balaban J connectivity index is 1.54. The Bertz CT molecular complexity index is 831. The van der Waals surface area contributed by atoms with Crippen LogP contribution in [0.2, 0.25) is 0 Å². The van der Waals surface area contributed by atoms with E-state index >= 15 is 0 Å². The van der Waals surface area contributed by atoms with Gasteiger partial charge in [0.05, 0.1) is 16.1 Å². The highest BCUT2D eigenvalue weighted by Gasteiger charge is 2.34. The number of carbonyl (C=O) groups is 2. The number of rotatable bonds is 6. The lowest BCUT2D eigenvalue weighted by Gasteiger charge is -2.13. The van der Waals surface area contributed by atoms with Crippen LogP contribution in [-0.4, -0.2) is 33.9 Å². The molecule has 0 saturated carbocycles.